The highest BCUT2D eigenvalue weighted by atomic mass is 16.7. The Morgan fingerprint density at radius 3 is 2.50 bits per heavy atom. The first kappa shape index (κ1) is 13.1. The van der Waals surface area contributed by atoms with Crippen molar-refractivity contribution in [1.29, 1.82) is 0 Å². The molecule has 2 atom stereocenters. The lowest BCUT2D eigenvalue weighted by Gasteiger charge is -2.21. The average molecular weight is 201 g/mol. The fraction of sp³-hybridized carbons (Fsp3) is 0.700. The van der Waals surface area contributed by atoms with Crippen molar-refractivity contribution in [2.24, 2.45) is 0 Å². The molecule has 2 unspecified atom stereocenters. The Kier molecular flexibility index (Phi) is 6.16. The first-order valence-corrected chi connectivity index (χ1v) is 4.65. The number of hydrogen-bond donors (Lipinski definition) is 1. The van der Waals surface area contributed by atoms with E-state index in [1.165, 1.54) is 0 Å². The summed E-state index contributed by atoms with van der Waals surface area (Å²) in [6.07, 6.45) is 0.0340. The van der Waals surface area contributed by atoms with Crippen LogP contribution in [0.1, 0.15) is 27.2 Å². The van der Waals surface area contributed by atoms with Gasteiger partial charge >= 0.3 is 0 Å². The third-order valence-corrected chi connectivity index (χ3v) is 1.74. The number of hydrogen-bond acceptors (Lipinski definition) is 3. The van der Waals surface area contributed by atoms with Crippen molar-refractivity contribution < 1.29 is 14.3 Å². The van der Waals surface area contributed by atoms with Gasteiger partial charge in [-0.1, -0.05) is 13.5 Å². The summed E-state index contributed by atoms with van der Waals surface area (Å²) >= 11 is 0. The monoisotopic (exact) mass is 201 g/mol. The maximum Gasteiger partial charge on any atom is 0.248 e. The molecule has 0 aromatic heterocycles. The quantitative estimate of drug-likeness (QED) is 0.522. The zero-order chi connectivity index (χ0) is 11.1. The van der Waals surface area contributed by atoms with Crippen molar-refractivity contribution in [3.05, 3.63) is 12.2 Å². The van der Waals surface area contributed by atoms with Gasteiger partial charge in [-0.2, -0.15) is 0 Å². The lowest BCUT2D eigenvalue weighted by atomic mass is 10.3. The van der Waals surface area contributed by atoms with Crippen molar-refractivity contribution in [3.8, 4) is 0 Å². The fourth-order valence-electron chi connectivity index (χ4n) is 0.789. The fourth-order valence-corrected chi connectivity index (χ4v) is 0.789. The van der Waals surface area contributed by atoms with E-state index in [0.29, 0.717) is 12.0 Å². The number of carbonyl (C=O) groups is 1. The zero-order valence-electron chi connectivity index (χ0n) is 9.29. The lowest BCUT2D eigenvalue weighted by Crippen LogP contribution is -2.39. The summed E-state index contributed by atoms with van der Waals surface area (Å²) in [7, 11) is 1.55. The van der Waals surface area contributed by atoms with Crippen LogP contribution in [0.4, 0.5) is 0 Å². The smallest absolute Gasteiger partial charge is 0.248 e. The van der Waals surface area contributed by atoms with Gasteiger partial charge < -0.3 is 14.8 Å². The third-order valence-electron chi connectivity index (χ3n) is 1.74. The molecule has 0 saturated carbocycles. The molecule has 0 aromatic carbocycles. The summed E-state index contributed by atoms with van der Waals surface area (Å²) in [5.41, 5.74) is 0.470. The van der Waals surface area contributed by atoms with Crippen LogP contribution in [0.25, 0.3) is 0 Å². The van der Waals surface area contributed by atoms with E-state index in [9.17, 15) is 4.79 Å². The molecular weight excluding hydrogens is 182 g/mol. The van der Waals surface area contributed by atoms with Crippen LogP contribution in [0, 0.1) is 0 Å². The number of rotatable bonds is 6. The maximum atomic E-state index is 11.3. The predicted octanol–water partition coefficient (Wildman–Crippen LogP) is 1.42. The van der Waals surface area contributed by atoms with Gasteiger partial charge in [0.25, 0.3) is 0 Å². The molecule has 0 aliphatic rings. The van der Waals surface area contributed by atoms with E-state index < -0.39 is 0 Å². The Hall–Kier alpha value is -0.870. The van der Waals surface area contributed by atoms with E-state index in [4.69, 9.17) is 9.47 Å². The van der Waals surface area contributed by atoms with Crippen LogP contribution in [0.15, 0.2) is 12.2 Å². The SMILES string of the molecule is C=C(C)C(=O)NC(CC)OC(C)OC. The molecular formula is C10H19NO3. The minimum Gasteiger partial charge on any atom is -0.356 e. The van der Waals surface area contributed by atoms with Crippen LogP contribution in [-0.4, -0.2) is 25.5 Å². The molecule has 82 valence electrons. The second kappa shape index (κ2) is 6.56. The summed E-state index contributed by atoms with van der Waals surface area (Å²) in [6, 6.07) is 0. The van der Waals surface area contributed by atoms with Crippen molar-refractivity contribution in [1.82, 2.24) is 5.32 Å². The Bertz CT molecular complexity index is 204. The Morgan fingerprint density at radius 1 is 1.57 bits per heavy atom. The minimum atomic E-state index is -0.328. The molecule has 0 rings (SSSR count). The molecule has 0 bridgehead atoms. The molecule has 0 radical (unpaired) electrons. The molecule has 0 saturated heterocycles. The summed E-state index contributed by atoms with van der Waals surface area (Å²) in [5, 5.41) is 2.69. The van der Waals surface area contributed by atoms with E-state index in [1.54, 1.807) is 21.0 Å². The summed E-state index contributed by atoms with van der Waals surface area (Å²) < 4.78 is 10.3. The molecule has 4 nitrogen and oxygen atoms in total. The normalized spacial score (nSPS) is 14.6. The van der Waals surface area contributed by atoms with Gasteiger partial charge in [-0.25, -0.2) is 0 Å². The first-order valence-electron chi connectivity index (χ1n) is 4.65. The molecule has 0 aliphatic carbocycles. The molecule has 0 aliphatic heterocycles. The Labute approximate surface area is 85.3 Å². The molecule has 0 heterocycles. The minimum absolute atomic E-state index is 0.194. The van der Waals surface area contributed by atoms with Crippen molar-refractivity contribution >= 4 is 5.91 Å². The highest BCUT2D eigenvalue weighted by Crippen LogP contribution is 2.01. The van der Waals surface area contributed by atoms with Crippen LogP contribution in [0.2, 0.25) is 0 Å². The molecule has 14 heavy (non-hydrogen) atoms. The lowest BCUT2D eigenvalue weighted by molar-refractivity contribution is -0.158. The van der Waals surface area contributed by atoms with Crippen molar-refractivity contribution in [2.45, 2.75) is 39.7 Å². The summed E-state index contributed by atoms with van der Waals surface area (Å²) in [6.45, 7) is 8.89. The van der Waals surface area contributed by atoms with Crippen LogP contribution in [-0.2, 0) is 14.3 Å². The van der Waals surface area contributed by atoms with Gasteiger partial charge in [-0.3, -0.25) is 4.79 Å². The maximum absolute atomic E-state index is 11.3. The number of ether oxygens (including phenoxy) is 2. The Balaban J connectivity index is 4.02. The van der Waals surface area contributed by atoms with Gasteiger partial charge in [0, 0.05) is 12.7 Å². The highest BCUT2D eigenvalue weighted by molar-refractivity contribution is 5.92. The van der Waals surface area contributed by atoms with Gasteiger partial charge in [0.15, 0.2) is 6.29 Å². The number of nitrogens with one attached hydrogen (secondary N) is 1. The van der Waals surface area contributed by atoms with E-state index in [0.717, 1.165) is 0 Å². The van der Waals surface area contributed by atoms with E-state index in [-0.39, 0.29) is 18.4 Å². The molecule has 4 heteroatoms. The van der Waals surface area contributed by atoms with Crippen LogP contribution >= 0.6 is 0 Å². The topological polar surface area (TPSA) is 47.6 Å². The van der Waals surface area contributed by atoms with Gasteiger partial charge in [0.05, 0.1) is 0 Å². The summed E-state index contributed by atoms with van der Waals surface area (Å²) in [5.74, 6) is -0.194. The van der Waals surface area contributed by atoms with E-state index in [1.807, 2.05) is 6.92 Å². The van der Waals surface area contributed by atoms with Crippen LogP contribution in [0.3, 0.4) is 0 Å². The molecule has 1 amide bonds. The number of carbonyl (C=O) groups excluding carboxylic acids is 1. The van der Waals surface area contributed by atoms with Crippen LogP contribution in [0.5, 0.6) is 0 Å². The van der Waals surface area contributed by atoms with Crippen LogP contribution < -0.4 is 5.32 Å². The second-order valence-electron chi connectivity index (χ2n) is 3.09. The number of amides is 1. The number of methoxy groups -OCH3 is 1. The van der Waals surface area contributed by atoms with Gasteiger partial charge in [0.1, 0.15) is 6.23 Å². The molecule has 0 spiro atoms. The zero-order valence-corrected chi connectivity index (χ0v) is 9.29. The van der Waals surface area contributed by atoms with Gasteiger partial charge in [-0.05, 0) is 20.3 Å². The van der Waals surface area contributed by atoms with Gasteiger partial charge in [-0.15, -0.1) is 0 Å². The predicted molar refractivity (Wildman–Crippen MR) is 54.6 cm³/mol. The first-order chi connectivity index (χ1) is 6.51. The average Bonchev–Trinajstić information content (AvgIpc) is 2.16. The van der Waals surface area contributed by atoms with Crippen molar-refractivity contribution in [3.63, 3.8) is 0 Å². The Morgan fingerprint density at radius 2 is 2.14 bits per heavy atom. The molecule has 0 aromatic rings. The molecule has 1 N–H and O–H groups in total. The largest absolute Gasteiger partial charge is 0.356 e. The standard InChI is InChI=1S/C10H19NO3/c1-6-9(14-8(4)13-5)11-10(12)7(2)3/h8-9H,2,6H2,1,3-5H3,(H,11,12). The van der Waals surface area contributed by atoms with Crippen molar-refractivity contribution in [2.75, 3.05) is 7.11 Å². The molecule has 0 fully saturated rings. The van der Waals surface area contributed by atoms with Gasteiger partial charge in [0.2, 0.25) is 5.91 Å². The summed E-state index contributed by atoms with van der Waals surface area (Å²) in [4.78, 5) is 11.3. The van der Waals surface area contributed by atoms with E-state index in [2.05, 4.69) is 11.9 Å². The third kappa shape index (κ3) is 4.99. The highest BCUT2D eigenvalue weighted by Gasteiger charge is 2.13. The van der Waals surface area contributed by atoms with E-state index >= 15 is 0 Å². The second-order valence-corrected chi connectivity index (χ2v) is 3.09.